The van der Waals surface area contributed by atoms with E-state index in [9.17, 15) is 4.79 Å². The van der Waals surface area contributed by atoms with Crippen molar-refractivity contribution in [3.8, 4) is 5.75 Å². The summed E-state index contributed by atoms with van der Waals surface area (Å²) in [7, 11) is 1.61. The number of rotatable bonds is 3. The molecule has 1 amide bonds. The van der Waals surface area contributed by atoms with Crippen LogP contribution >= 0.6 is 0 Å². The average molecular weight is 320 g/mol. The summed E-state index contributed by atoms with van der Waals surface area (Å²) in [6.07, 6.45) is 4.73. The van der Waals surface area contributed by atoms with Gasteiger partial charge in [-0.15, -0.1) is 0 Å². The molecule has 0 saturated carbocycles. The van der Waals surface area contributed by atoms with Crippen molar-refractivity contribution in [3.05, 3.63) is 59.3 Å². The Kier molecular flexibility index (Phi) is 3.73. The van der Waals surface area contributed by atoms with Gasteiger partial charge in [-0.3, -0.25) is 4.79 Å². The summed E-state index contributed by atoms with van der Waals surface area (Å²) >= 11 is 0. The number of aryl methyl sites for hydroxylation is 2. The van der Waals surface area contributed by atoms with Crippen molar-refractivity contribution < 1.29 is 9.53 Å². The number of aromatic amines is 1. The van der Waals surface area contributed by atoms with Gasteiger partial charge in [0.2, 0.25) is 0 Å². The molecule has 1 heterocycles. The number of H-pyrrole nitrogens is 1. The van der Waals surface area contributed by atoms with Crippen LogP contribution in [0.5, 0.6) is 5.75 Å². The number of hydrogen-bond acceptors (Lipinski definition) is 2. The number of carbonyl (C=O) groups excluding carboxylic acids is 1. The Labute approximate surface area is 140 Å². The van der Waals surface area contributed by atoms with Gasteiger partial charge in [0.15, 0.2) is 0 Å². The molecule has 0 aliphatic heterocycles. The third-order valence-electron chi connectivity index (χ3n) is 4.71. The summed E-state index contributed by atoms with van der Waals surface area (Å²) in [4.78, 5) is 15.9. The molecule has 0 atom stereocenters. The Morgan fingerprint density at radius 3 is 2.67 bits per heavy atom. The lowest BCUT2D eigenvalue weighted by Crippen LogP contribution is -2.11. The molecule has 1 aromatic heterocycles. The van der Waals surface area contributed by atoms with Gasteiger partial charge in [0, 0.05) is 27.8 Å². The maximum absolute atomic E-state index is 12.4. The van der Waals surface area contributed by atoms with Gasteiger partial charge in [-0.1, -0.05) is 0 Å². The Morgan fingerprint density at radius 1 is 1.08 bits per heavy atom. The second-order valence-electron chi connectivity index (χ2n) is 6.23. The first-order valence-corrected chi connectivity index (χ1v) is 8.33. The standard InChI is InChI=1S/C20H20N2O2/c1-24-15-9-6-13(7-10-15)20(23)21-14-8-11-19-17(12-14)16-4-2-3-5-18(16)22-19/h6-12,22H,2-5H2,1H3,(H,21,23). The molecule has 2 N–H and O–H groups in total. The highest BCUT2D eigenvalue weighted by Crippen LogP contribution is 2.31. The molecule has 122 valence electrons. The van der Waals surface area contributed by atoms with E-state index in [4.69, 9.17) is 4.74 Å². The number of benzene rings is 2. The van der Waals surface area contributed by atoms with Crippen LogP contribution in [0.4, 0.5) is 5.69 Å². The maximum atomic E-state index is 12.4. The van der Waals surface area contributed by atoms with Crippen LogP contribution in [0.25, 0.3) is 10.9 Å². The van der Waals surface area contributed by atoms with Crippen molar-refractivity contribution in [3.63, 3.8) is 0 Å². The summed E-state index contributed by atoms with van der Waals surface area (Å²) in [6, 6.07) is 13.2. The lowest BCUT2D eigenvalue weighted by Gasteiger charge is -2.11. The Bertz CT molecular complexity index is 894. The molecule has 0 spiro atoms. The van der Waals surface area contributed by atoms with Crippen molar-refractivity contribution in [1.29, 1.82) is 0 Å². The minimum absolute atomic E-state index is 0.110. The van der Waals surface area contributed by atoms with Gasteiger partial charge < -0.3 is 15.0 Å². The number of hydrogen-bond donors (Lipinski definition) is 2. The zero-order valence-corrected chi connectivity index (χ0v) is 13.7. The molecule has 0 radical (unpaired) electrons. The summed E-state index contributed by atoms with van der Waals surface area (Å²) in [5.41, 5.74) is 5.37. The van der Waals surface area contributed by atoms with Gasteiger partial charge in [0.25, 0.3) is 5.91 Å². The molecule has 3 aromatic rings. The number of ether oxygens (including phenoxy) is 1. The van der Waals surface area contributed by atoms with E-state index in [1.807, 2.05) is 6.07 Å². The summed E-state index contributed by atoms with van der Waals surface area (Å²) in [5, 5.41) is 4.22. The van der Waals surface area contributed by atoms with Crippen molar-refractivity contribution in [2.24, 2.45) is 0 Å². The first kappa shape index (κ1) is 14.8. The molecule has 2 aromatic carbocycles. The predicted molar refractivity (Wildman–Crippen MR) is 95.9 cm³/mol. The lowest BCUT2D eigenvalue weighted by molar-refractivity contribution is 0.102. The minimum atomic E-state index is -0.110. The molecule has 0 saturated heterocycles. The Balaban J connectivity index is 1.60. The summed E-state index contributed by atoms with van der Waals surface area (Å²) in [6.45, 7) is 0. The van der Waals surface area contributed by atoms with Crippen molar-refractivity contribution in [2.75, 3.05) is 12.4 Å². The van der Waals surface area contributed by atoms with Crippen LogP contribution in [-0.2, 0) is 12.8 Å². The fourth-order valence-corrected chi connectivity index (χ4v) is 3.43. The number of nitrogens with one attached hydrogen (secondary N) is 2. The van der Waals surface area contributed by atoms with Gasteiger partial charge in [0.05, 0.1) is 7.11 Å². The van der Waals surface area contributed by atoms with E-state index >= 15 is 0 Å². The third kappa shape index (κ3) is 2.64. The molecule has 4 rings (SSSR count). The van der Waals surface area contributed by atoms with Crippen LogP contribution in [0, 0.1) is 0 Å². The number of fused-ring (bicyclic) bond motifs is 3. The van der Waals surface area contributed by atoms with E-state index in [0.717, 1.165) is 29.8 Å². The largest absolute Gasteiger partial charge is 0.497 e. The second kappa shape index (κ2) is 6.04. The first-order valence-electron chi connectivity index (χ1n) is 8.33. The number of methoxy groups -OCH3 is 1. The van der Waals surface area contributed by atoms with Crippen LogP contribution in [0.1, 0.15) is 34.5 Å². The van der Waals surface area contributed by atoms with Gasteiger partial charge in [0.1, 0.15) is 5.75 Å². The Hall–Kier alpha value is -2.75. The van der Waals surface area contributed by atoms with E-state index < -0.39 is 0 Å². The Morgan fingerprint density at radius 2 is 1.88 bits per heavy atom. The highest BCUT2D eigenvalue weighted by Gasteiger charge is 2.16. The minimum Gasteiger partial charge on any atom is -0.497 e. The molecule has 1 aliphatic rings. The lowest BCUT2D eigenvalue weighted by atomic mass is 9.95. The number of carbonyl (C=O) groups is 1. The third-order valence-corrected chi connectivity index (χ3v) is 4.71. The van der Waals surface area contributed by atoms with Crippen molar-refractivity contribution in [2.45, 2.75) is 25.7 Å². The van der Waals surface area contributed by atoms with E-state index in [-0.39, 0.29) is 5.91 Å². The van der Waals surface area contributed by atoms with E-state index in [1.54, 1.807) is 31.4 Å². The molecule has 24 heavy (non-hydrogen) atoms. The maximum Gasteiger partial charge on any atom is 0.255 e. The molecule has 4 nitrogen and oxygen atoms in total. The van der Waals surface area contributed by atoms with Crippen LogP contribution < -0.4 is 10.1 Å². The van der Waals surface area contributed by atoms with Crippen molar-refractivity contribution in [1.82, 2.24) is 4.98 Å². The van der Waals surface area contributed by atoms with Gasteiger partial charge in [-0.05, 0) is 73.7 Å². The first-order chi connectivity index (χ1) is 11.7. The van der Waals surface area contributed by atoms with Crippen LogP contribution in [0.15, 0.2) is 42.5 Å². The number of anilines is 1. The summed E-state index contributed by atoms with van der Waals surface area (Å²) in [5.74, 6) is 0.633. The van der Waals surface area contributed by atoms with Gasteiger partial charge in [-0.25, -0.2) is 0 Å². The molecule has 0 fully saturated rings. The smallest absolute Gasteiger partial charge is 0.255 e. The van der Waals surface area contributed by atoms with E-state index in [1.165, 1.54) is 29.5 Å². The van der Waals surface area contributed by atoms with Crippen LogP contribution in [-0.4, -0.2) is 18.0 Å². The molecule has 0 bridgehead atoms. The predicted octanol–water partition coefficient (Wildman–Crippen LogP) is 4.31. The molecule has 1 aliphatic carbocycles. The van der Waals surface area contributed by atoms with Crippen molar-refractivity contribution >= 4 is 22.5 Å². The van der Waals surface area contributed by atoms with E-state index in [2.05, 4.69) is 22.4 Å². The highest BCUT2D eigenvalue weighted by molar-refractivity contribution is 6.05. The van der Waals surface area contributed by atoms with Crippen LogP contribution in [0.2, 0.25) is 0 Å². The molecule has 0 unspecified atom stereocenters. The normalized spacial score (nSPS) is 13.5. The van der Waals surface area contributed by atoms with E-state index in [0.29, 0.717) is 5.56 Å². The molecular formula is C20H20N2O2. The zero-order chi connectivity index (χ0) is 16.5. The molecule has 4 heteroatoms. The van der Waals surface area contributed by atoms with Gasteiger partial charge in [-0.2, -0.15) is 0 Å². The average Bonchev–Trinajstić information content (AvgIpc) is 3.00. The fraction of sp³-hybridized carbons (Fsp3) is 0.250. The number of amides is 1. The number of aromatic nitrogens is 1. The summed E-state index contributed by atoms with van der Waals surface area (Å²) < 4.78 is 5.12. The topological polar surface area (TPSA) is 54.1 Å². The quantitative estimate of drug-likeness (QED) is 0.755. The fourth-order valence-electron chi connectivity index (χ4n) is 3.43. The second-order valence-corrected chi connectivity index (χ2v) is 6.23. The monoisotopic (exact) mass is 320 g/mol. The SMILES string of the molecule is COc1ccc(C(=O)Nc2ccc3[nH]c4c(c3c2)CCCC4)cc1. The van der Waals surface area contributed by atoms with Gasteiger partial charge >= 0.3 is 0 Å². The molecular weight excluding hydrogens is 300 g/mol. The van der Waals surface area contributed by atoms with Crippen LogP contribution in [0.3, 0.4) is 0 Å². The highest BCUT2D eigenvalue weighted by atomic mass is 16.5. The zero-order valence-electron chi connectivity index (χ0n) is 13.7.